The molecule has 32 heavy (non-hydrogen) atoms. The highest BCUT2D eigenvalue weighted by molar-refractivity contribution is 5.94. The number of aliphatic imine (C=N–C) groups is 1. The Morgan fingerprint density at radius 2 is 1.53 bits per heavy atom. The van der Waals surface area contributed by atoms with Crippen LogP contribution in [-0.4, -0.2) is 71.9 Å². The summed E-state index contributed by atoms with van der Waals surface area (Å²) in [6.45, 7) is 3.20. The molecule has 12 N–H and O–H groups in total. The Kier molecular flexibility index (Phi) is 13.0. The van der Waals surface area contributed by atoms with Crippen molar-refractivity contribution in [3.05, 3.63) is 0 Å². The average Bonchev–Trinajstić information content (AvgIpc) is 2.66. The van der Waals surface area contributed by atoms with Crippen LogP contribution in [0.2, 0.25) is 0 Å². The molecule has 0 aliphatic heterocycles. The molecular weight excluding hydrogens is 424 g/mol. The van der Waals surface area contributed by atoms with Gasteiger partial charge in [-0.25, -0.2) is 0 Å². The van der Waals surface area contributed by atoms with E-state index in [-0.39, 0.29) is 31.3 Å². The van der Waals surface area contributed by atoms with E-state index in [2.05, 4.69) is 20.9 Å². The van der Waals surface area contributed by atoms with Gasteiger partial charge in [0.25, 0.3) is 0 Å². The Labute approximate surface area is 185 Å². The van der Waals surface area contributed by atoms with Crippen LogP contribution in [-0.2, 0) is 24.0 Å². The standard InChI is InChI=1S/C18H34N8O6/c1-9(2)6-12(26-15(30)10(19)7-13(20)27)17(32)25-11(4-3-5-23-18(21)22)16(31)24-8-14(28)29/h9-12H,3-8,19H2,1-2H3,(H2,20,27)(H,24,31)(H,25,32)(H,26,30)(H,28,29)(H4,21,22,23). The van der Waals surface area contributed by atoms with Gasteiger partial charge in [-0.15, -0.1) is 0 Å². The van der Waals surface area contributed by atoms with E-state index < -0.39 is 60.7 Å². The number of nitrogens with zero attached hydrogens (tertiary/aromatic N) is 1. The van der Waals surface area contributed by atoms with E-state index in [1.807, 2.05) is 13.8 Å². The third-order valence-electron chi connectivity index (χ3n) is 4.09. The van der Waals surface area contributed by atoms with Gasteiger partial charge in [-0.1, -0.05) is 13.8 Å². The summed E-state index contributed by atoms with van der Waals surface area (Å²) in [6, 6.07) is -3.37. The molecule has 0 heterocycles. The van der Waals surface area contributed by atoms with Crippen LogP contribution in [0.4, 0.5) is 0 Å². The highest BCUT2D eigenvalue weighted by atomic mass is 16.4. The van der Waals surface area contributed by atoms with Crippen molar-refractivity contribution in [3.63, 3.8) is 0 Å². The van der Waals surface area contributed by atoms with Crippen molar-refractivity contribution in [1.29, 1.82) is 0 Å². The SMILES string of the molecule is CC(C)CC(NC(=O)C(N)CC(N)=O)C(=O)NC(CCCN=C(N)N)C(=O)NCC(=O)O. The quantitative estimate of drug-likeness (QED) is 0.0685. The Balaban J connectivity index is 5.33. The molecule has 4 amide bonds. The van der Waals surface area contributed by atoms with E-state index in [0.717, 1.165) is 0 Å². The summed E-state index contributed by atoms with van der Waals surface area (Å²) in [7, 11) is 0. The maximum atomic E-state index is 12.8. The van der Waals surface area contributed by atoms with E-state index in [9.17, 15) is 24.0 Å². The molecule has 0 aromatic rings. The number of carbonyl (C=O) groups is 5. The first kappa shape index (κ1) is 28.6. The molecule has 0 aliphatic carbocycles. The lowest BCUT2D eigenvalue weighted by Crippen LogP contribution is -2.56. The van der Waals surface area contributed by atoms with E-state index in [1.54, 1.807) is 0 Å². The number of hydrogen-bond acceptors (Lipinski definition) is 7. The highest BCUT2D eigenvalue weighted by Crippen LogP contribution is 2.07. The molecule has 14 nitrogen and oxygen atoms in total. The van der Waals surface area contributed by atoms with Crippen LogP contribution in [0.15, 0.2) is 4.99 Å². The summed E-state index contributed by atoms with van der Waals surface area (Å²) < 4.78 is 0. The number of hydrogen-bond donors (Lipinski definition) is 8. The molecule has 0 aliphatic rings. The molecule has 0 rings (SSSR count). The van der Waals surface area contributed by atoms with Crippen LogP contribution in [0, 0.1) is 5.92 Å². The first-order valence-electron chi connectivity index (χ1n) is 10.0. The Bertz CT molecular complexity index is 708. The van der Waals surface area contributed by atoms with E-state index in [1.165, 1.54) is 0 Å². The molecule has 0 spiro atoms. The van der Waals surface area contributed by atoms with Crippen LogP contribution >= 0.6 is 0 Å². The largest absolute Gasteiger partial charge is 0.480 e. The number of carboxylic acids is 1. The third kappa shape index (κ3) is 13.0. The van der Waals surface area contributed by atoms with Crippen molar-refractivity contribution in [3.8, 4) is 0 Å². The molecule has 14 heteroatoms. The summed E-state index contributed by atoms with van der Waals surface area (Å²) in [6.07, 6.45) is 0.247. The topological polar surface area (TPSA) is 258 Å². The molecule has 0 aromatic carbocycles. The molecule has 0 saturated carbocycles. The van der Waals surface area contributed by atoms with Crippen molar-refractivity contribution < 1.29 is 29.1 Å². The number of amides is 4. The van der Waals surface area contributed by atoms with Gasteiger partial charge in [0, 0.05) is 6.54 Å². The lowest BCUT2D eigenvalue weighted by atomic mass is 10.0. The number of carbonyl (C=O) groups excluding carboxylic acids is 4. The van der Waals surface area contributed by atoms with Gasteiger partial charge < -0.3 is 44.0 Å². The molecule has 0 saturated heterocycles. The van der Waals surface area contributed by atoms with Gasteiger partial charge in [0.15, 0.2) is 5.96 Å². The molecule has 0 radical (unpaired) electrons. The molecule has 182 valence electrons. The molecule has 3 unspecified atom stereocenters. The van der Waals surface area contributed by atoms with E-state index >= 15 is 0 Å². The van der Waals surface area contributed by atoms with Gasteiger partial charge in [-0.2, -0.15) is 0 Å². The second-order valence-electron chi connectivity index (χ2n) is 7.59. The Morgan fingerprint density at radius 1 is 0.938 bits per heavy atom. The number of primary amides is 1. The molecule has 0 fully saturated rings. The normalized spacial score (nSPS) is 13.4. The fourth-order valence-corrected chi connectivity index (χ4v) is 2.62. The maximum Gasteiger partial charge on any atom is 0.322 e. The number of nitrogens with one attached hydrogen (secondary N) is 3. The van der Waals surface area contributed by atoms with Gasteiger partial charge in [-0.05, 0) is 25.2 Å². The van der Waals surface area contributed by atoms with E-state index in [4.69, 9.17) is 28.0 Å². The minimum absolute atomic E-state index is 0.0143. The lowest BCUT2D eigenvalue weighted by Gasteiger charge is -2.25. The van der Waals surface area contributed by atoms with Gasteiger partial charge in [0.2, 0.25) is 23.6 Å². The Morgan fingerprint density at radius 3 is 2.03 bits per heavy atom. The van der Waals surface area contributed by atoms with Crippen LogP contribution in [0.1, 0.15) is 39.5 Å². The molecular formula is C18H34N8O6. The van der Waals surface area contributed by atoms with Crippen molar-refractivity contribution in [2.75, 3.05) is 13.1 Å². The van der Waals surface area contributed by atoms with Gasteiger partial charge in [0.1, 0.15) is 18.6 Å². The minimum atomic E-state index is -1.25. The molecule has 0 bridgehead atoms. The zero-order valence-electron chi connectivity index (χ0n) is 18.3. The number of carboxylic acid groups (broad SMARTS) is 1. The fourth-order valence-electron chi connectivity index (χ4n) is 2.62. The van der Waals surface area contributed by atoms with Crippen LogP contribution in [0.25, 0.3) is 0 Å². The van der Waals surface area contributed by atoms with Crippen molar-refractivity contribution in [2.45, 2.75) is 57.7 Å². The van der Waals surface area contributed by atoms with Crippen LogP contribution < -0.4 is 38.9 Å². The first-order valence-corrected chi connectivity index (χ1v) is 10.0. The number of aliphatic carboxylic acids is 1. The van der Waals surface area contributed by atoms with Crippen molar-refractivity contribution in [2.24, 2.45) is 33.8 Å². The summed E-state index contributed by atoms with van der Waals surface area (Å²) in [5.41, 5.74) is 21.2. The monoisotopic (exact) mass is 458 g/mol. The number of guanidine groups is 1. The predicted molar refractivity (Wildman–Crippen MR) is 116 cm³/mol. The van der Waals surface area contributed by atoms with Crippen LogP contribution in [0.3, 0.4) is 0 Å². The van der Waals surface area contributed by atoms with Gasteiger partial charge in [0.05, 0.1) is 12.5 Å². The molecule has 0 aromatic heterocycles. The zero-order valence-corrected chi connectivity index (χ0v) is 18.3. The highest BCUT2D eigenvalue weighted by Gasteiger charge is 2.29. The van der Waals surface area contributed by atoms with Gasteiger partial charge in [-0.3, -0.25) is 29.0 Å². The van der Waals surface area contributed by atoms with Crippen molar-refractivity contribution in [1.82, 2.24) is 16.0 Å². The zero-order chi connectivity index (χ0) is 24.8. The Hall–Kier alpha value is -3.42. The van der Waals surface area contributed by atoms with Gasteiger partial charge >= 0.3 is 5.97 Å². The van der Waals surface area contributed by atoms with Crippen molar-refractivity contribution >= 4 is 35.6 Å². The second kappa shape index (κ2) is 14.6. The summed E-state index contributed by atoms with van der Waals surface area (Å²) in [4.78, 5) is 63.0. The smallest absolute Gasteiger partial charge is 0.322 e. The average molecular weight is 459 g/mol. The summed E-state index contributed by atoms with van der Waals surface area (Å²) in [5, 5.41) is 15.9. The van der Waals surface area contributed by atoms with Crippen LogP contribution in [0.5, 0.6) is 0 Å². The number of rotatable bonds is 15. The maximum absolute atomic E-state index is 12.8. The predicted octanol–water partition coefficient (Wildman–Crippen LogP) is -3.54. The summed E-state index contributed by atoms with van der Waals surface area (Å²) >= 11 is 0. The third-order valence-corrected chi connectivity index (χ3v) is 4.09. The lowest BCUT2D eigenvalue weighted by molar-refractivity contribution is -0.138. The minimum Gasteiger partial charge on any atom is -0.480 e. The first-order chi connectivity index (χ1) is 14.8. The fraction of sp³-hybridized carbons (Fsp3) is 0.667. The second-order valence-corrected chi connectivity index (χ2v) is 7.59. The molecule has 3 atom stereocenters. The summed E-state index contributed by atoms with van der Waals surface area (Å²) in [5.74, 6) is -4.30. The van der Waals surface area contributed by atoms with E-state index in [0.29, 0.717) is 6.42 Å². The number of nitrogens with two attached hydrogens (primary N) is 4.